The molecule has 0 bridgehead atoms. The summed E-state index contributed by atoms with van der Waals surface area (Å²) in [6.45, 7) is 4.98. The van der Waals surface area contributed by atoms with Gasteiger partial charge in [-0.2, -0.15) is 0 Å². The molecule has 0 aromatic carbocycles. The third-order valence-corrected chi connectivity index (χ3v) is 21.7. The number of ether oxygens (including phenoxy) is 1. The lowest BCUT2D eigenvalue weighted by Crippen LogP contribution is -2.45. The molecular formula is C93H179NO5. The second-order valence-corrected chi connectivity index (χ2v) is 31.6. The fourth-order valence-corrected chi connectivity index (χ4v) is 14.7. The molecule has 99 heavy (non-hydrogen) atoms. The van der Waals surface area contributed by atoms with Gasteiger partial charge in [-0.1, -0.05) is 480 Å². The van der Waals surface area contributed by atoms with Gasteiger partial charge in [-0.15, -0.1) is 0 Å². The molecule has 2 unspecified atom stereocenters. The highest BCUT2D eigenvalue weighted by Gasteiger charge is 2.18. The largest absolute Gasteiger partial charge is 0.466 e. The van der Waals surface area contributed by atoms with Gasteiger partial charge in [0.25, 0.3) is 0 Å². The molecule has 0 heterocycles. The fraction of sp³-hybridized carbons (Fsp3) is 0.914. The zero-order valence-corrected chi connectivity index (χ0v) is 67.5. The minimum absolute atomic E-state index is 0.0257. The molecule has 3 N–H and O–H groups in total. The van der Waals surface area contributed by atoms with E-state index in [1.165, 1.54) is 449 Å². The number of carbonyl (C=O) groups excluding carboxylic acids is 2. The van der Waals surface area contributed by atoms with Crippen molar-refractivity contribution in [3.63, 3.8) is 0 Å². The summed E-state index contributed by atoms with van der Waals surface area (Å²) in [6.07, 6.45) is 118. The number of carbonyl (C=O) groups is 2. The van der Waals surface area contributed by atoms with Gasteiger partial charge in [0, 0.05) is 12.8 Å². The number of nitrogens with one attached hydrogen (secondary N) is 1. The van der Waals surface area contributed by atoms with E-state index in [9.17, 15) is 19.8 Å². The molecule has 0 radical (unpaired) electrons. The lowest BCUT2D eigenvalue weighted by Gasteiger charge is -2.20. The molecule has 1 amide bonds. The first-order chi connectivity index (χ1) is 49.0. The van der Waals surface area contributed by atoms with Crippen LogP contribution in [0.25, 0.3) is 0 Å². The van der Waals surface area contributed by atoms with Crippen molar-refractivity contribution >= 4 is 11.9 Å². The van der Waals surface area contributed by atoms with E-state index in [0.717, 1.165) is 44.9 Å². The van der Waals surface area contributed by atoms with Gasteiger partial charge in [0.1, 0.15) is 0 Å². The number of hydrogen-bond acceptors (Lipinski definition) is 5. The second kappa shape index (κ2) is 88.5. The number of aliphatic hydroxyl groups excluding tert-OH is 2. The topological polar surface area (TPSA) is 95.9 Å². The molecule has 6 heteroatoms. The van der Waals surface area contributed by atoms with Gasteiger partial charge in [-0.25, -0.2) is 0 Å². The van der Waals surface area contributed by atoms with Crippen LogP contribution in [0.4, 0.5) is 0 Å². The van der Waals surface area contributed by atoms with Crippen LogP contribution in [0.5, 0.6) is 0 Å². The molecule has 0 aliphatic carbocycles. The van der Waals surface area contributed by atoms with E-state index in [0.29, 0.717) is 19.4 Å². The Morgan fingerprint density at radius 2 is 0.505 bits per heavy atom. The summed E-state index contributed by atoms with van der Waals surface area (Å²) in [5, 5.41) is 23.4. The predicted molar refractivity (Wildman–Crippen MR) is 439 cm³/mol. The Kier molecular flexibility index (Phi) is 86.8. The van der Waals surface area contributed by atoms with Crippen LogP contribution in [-0.2, 0) is 14.3 Å². The maximum atomic E-state index is 12.6. The molecule has 0 aliphatic rings. The molecule has 0 aliphatic heterocycles. The first kappa shape index (κ1) is 97.1. The average molecular weight is 1390 g/mol. The summed E-state index contributed by atoms with van der Waals surface area (Å²) in [5.41, 5.74) is 0. The predicted octanol–water partition coefficient (Wildman–Crippen LogP) is 30.9. The normalized spacial score (nSPS) is 12.6. The van der Waals surface area contributed by atoms with Crippen molar-refractivity contribution in [1.29, 1.82) is 0 Å². The van der Waals surface area contributed by atoms with Crippen molar-refractivity contribution in [1.82, 2.24) is 5.32 Å². The number of aliphatic hydroxyl groups is 2. The third kappa shape index (κ3) is 84.9. The fourth-order valence-electron chi connectivity index (χ4n) is 14.7. The highest BCUT2D eigenvalue weighted by atomic mass is 16.5. The van der Waals surface area contributed by atoms with E-state index < -0.39 is 12.1 Å². The van der Waals surface area contributed by atoms with Crippen molar-refractivity contribution in [2.45, 2.75) is 533 Å². The standard InChI is InChI=1S/C93H179NO5/c1-3-5-7-9-11-13-15-17-19-21-23-24-25-41-44-47-50-53-57-61-65-69-73-77-81-85-91(96)90(89-95)94-92(97)86-82-78-74-70-66-62-58-54-51-48-45-42-39-37-35-33-31-29-27-26-28-30-32-34-36-38-40-43-46-49-52-56-60-64-68-72-76-80-84-88-99-93(98)87-83-79-75-71-67-63-59-55-22-20-18-16-14-12-10-8-6-4-2/h26-27,30,32,81,85,90-91,95-96H,3-25,28-29,31,33-80,82-84,86-89H2,1-2H3,(H,94,97)/b27-26-,32-30-,85-81+. The van der Waals surface area contributed by atoms with Crippen LogP contribution in [0.1, 0.15) is 521 Å². The number of esters is 1. The molecular weight excluding hydrogens is 1210 g/mol. The minimum Gasteiger partial charge on any atom is -0.466 e. The van der Waals surface area contributed by atoms with Gasteiger partial charge >= 0.3 is 5.97 Å². The molecule has 0 saturated carbocycles. The van der Waals surface area contributed by atoms with Crippen LogP contribution in [-0.4, -0.2) is 47.4 Å². The first-order valence-electron chi connectivity index (χ1n) is 45.8. The number of rotatable bonds is 87. The Morgan fingerprint density at radius 3 is 0.768 bits per heavy atom. The second-order valence-electron chi connectivity index (χ2n) is 31.6. The molecule has 0 spiro atoms. The van der Waals surface area contributed by atoms with Gasteiger partial charge in [0.05, 0.1) is 25.4 Å². The Morgan fingerprint density at radius 1 is 0.283 bits per heavy atom. The van der Waals surface area contributed by atoms with Crippen molar-refractivity contribution in [3.8, 4) is 0 Å². The Hall–Kier alpha value is -1.92. The van der Waals surface area contributed by atoms with Crippen molar-refractivity contribution in [2.75, 3.05) is 13.2 Å². The molecule has 0 saturated heterocycles. The molecule has 0 fully saturated rings. The summed E-state index contributed by atoms with van der Waals surface area (Å²) < 4.78 is 5.52. The van der Waals surface area contributed by atoms with Crippen molar-refractivity contribution in [2.24, 2.45) is 0 Å². The number of hydrogen-bond donors (Lipinski definition) is 3. The number of unbranched alkanes of at least 4 members (excludes halogenated alkanes) is 72. The molecule has 6 nitrogen and oxygen atoms in total. The third-order valence-electron chi connectivity index (χ3n) is 21.7. The lowest BCUT2D eigenvalue weighted by molar-refractivity contribution is -0.143. The van der Waals surface area contributed by atoms with Gasteiger partial charge in [-0.05, 0) is 64.2 Å². The van der Waals surface area contributed by atoms with Crippen molar-refractivity contribution < 1.29 is 24.5 Å². The Balaban J connectivity index is 3.36. The average Bonchev–Trinajstić information content (AvgIpc) is 1.84. The Labute approximate surface area is 621 Å². The van der Waals surface area contributed by atoms with Gasteiger partial charge in [0.2, 0.25) is 5.91 Å². The van der Waals surface area contributed by atoms with E-state index in [1.807, 2.05) is 6.08 Å². The van der Waals surface area contributed by atoms with E-state index in [-0.39, 0.29) is 18.5 Å². The molecule has 586 valence electrons. The van der Waals surface area contributed by atoms with E-state index in [1.54, 1.807) is 6.08 Å². The van der Waals surface area contributed by atoms with Gasteiger partial charge < -0.3 is 20.3 Å². The smallest absolute Gasteiger partial charge is 0.305 e. The van der Waals surface area contributed by atoms with Crippen LogP contribution >= 0.6 is 0 Å². The zero-order valence-electron chi connectivity index (χ0n) is 67.5. The highest BCUT2D eigenvalue weighted by Crippen LogP contribution is 2.21. The van der Waals surface area contributed by atoms with Gasteiger partial charge in [0.15, 0.2) is 0 Å². The number of amides is 1. The molecule has 0 rings (SSSR count). The van der Waals surface area contributed by atoms with E-state index in [4.69, 9.17) is 4.74 Å². The van der Waals surface area contributed by atoms with Crippen LogP contribution in [0.15, 0.2) is 36.5 Å². The van der Waals surface area contributed by atoms with Crippen molar-refractivity contribution in [3.05, 3.63) is 36.5 Å². The monoisotopic (exact) mass is 1390 g/mol. The lowest BCUT2D eigenvalue weighted by atomic mass is 10.0. The quantitative estimate of drug-likeness (QED) is 0.0320. The number of allylic oxidation sites excluding steroid dienone is 5. The summed E-state index contributed by atoms with van der Waals surface area (Å²) in [7, 11) is 0. The molecule has 0 aromatic heterocycles. The highest BCUT2D eigenvalue weighted by molar-refractivity contribution is 5.76. The summed E-state index contributed by atoms with van der Waals surface area (Å²) in [6, 6.07) is -0.628. The summed E-state index contributed by atoms with van der Waals surface area (Å²) in [5.74, 6) is -0.0333. The summed E-state index contributed by atoms with van der Waals surface area (Å²) in [4.78, 5) is 24.7. The van der Waals surface area contributed by atoms with E-state index >= 15 is 0 Å². The minimum atomic E-state index is -0.844. The van der Waals surface area contributed by atoms with Gasteiger partial charge in [-0.3, -0.25) is 9.59 Å². The maximum Gasteiger partial charge on any atom is 0.305 e. The van der Waals surface area contributed by atoms with Crippen LogP contribution in [0, 0.1) is 0 Å². The molecule has 0 aromatic rings. The maximum absolute atomic E-state index is 12.6. The first-order valence-corrected chi connectivity index (χ1v) is 45.8. The van der Waals surface area contributed by atoms with Crippen LogP contribution in [0.2, 0.25) is 0 Å². The van der Waals surface area contributed by atoms with Crippen LogP contribution in [0.3, 0.4) is 0 Å². The van der Waals surface area contributed by atoms with Crippen LogP contribution < -0.4 is 5.32 Å². The zero-order chi connectivity index (χ0) is 71.2. The van der Waals surface area contributed by atoms with E-state index in [2.05, 4.69) is 43.5 Å². The SMILES string of the molecule is CCCCCCCCCCCCCCCCCCCCCCCCC/C=C/C(O)C(CO)NC(=O)CCCCCCCCCCCCCCCCCCC/C=C\C/C=C\CCCCCCCCCCCCCCCCCOC(=O)CCCCCCCCCCCCCCCCCCCC. The Bertz CT molecular complexity index is 1610. The molecule has 2 atom stereocenters. The summed E-state index contributed by atoms with van der Waals surface area (Å²) >= 11 is 0.